The molecule has 0 atom stereocenters. The second kappa shape index (κ2) is 5.28. The molecule has 5 heteroatoms. The number of rotatable bonds is 4. The number of Topliss-reactive ketones (excluding diaryl/α,β-unsaturated/α-hetero) is 1. The minimum absolute atomic E-state index is 0.000466. The fourth-order valence-electron chi connectivity index (χ4n) is 1.10. The number of nitrogens with one attached hydrogen (secondary N) is 1. The SMILES string of the molecule is CC(=O)NCc1sc(C(=O)CCl)cc1C. The van der Waals surface area contributed by atoms with Gasteiger partial charge in [-0.1, -0.05) is 0 Å². The van der Waals surface area contributed by atoms with Gasteiger partial charge in [-0.25, -0.2) is 0 Å². The maximum Gasteiger partial charge on any atom is 0.217 e. The Hall–Kier alpha value is -0.870. The number of alkyl halides is 1. The van der Waals surface area contributed by atoms with E-state index in [-0.39, 0.29) is 17.6 Å². The van der Waals surface area contributed by atoms with Gasteiger partial charge in [-0.15, -0.1) is 22.9 Å². The zero-order chi connectivity index (χ0) is 11.4. The highest BCUT2D eigenvalue weighted by atomic mass is 35.5. The van der Waals surface area contributed by atoms with Crippen molar-refractivity contribution in [2.75, 3.05) is 5.88 Å². The highest BCUT2D eigenvalue weighted by molar-refractivity contribution is 7.14. The molecule has 0 unspecified atom stereocenters. The number of hydrogen-bond acceptors (Lipinski definition) is 3. The number of carbonyl (C=O) groups excluding carboxylic acids is 2. The average molecular weight is 246 g/mol. The zero-order valence-electron chi connectivity index (χ0n) is 8.59. The van der Waals surface area contributed by atoms with Crippen molar-refractivity contribution >= 4 is 34.6 Å². The molecule has 0 spiro atoms. The van der Waals surface area contributed by atoms with Crippen LogP contribution in [0.15, 0.2) is 6.07 Å². The van der Waals surface area contributed by atoms with E-state index in [1.807, 2.05) is 13.0 Å². The molecule has 15 heavy (non-hydrogen) atoms. The van der Waals surface area contributed by atoms with Gasteiger partial charge < -0.3 is 5.32 Å². The Labute approximate surface area is 97.4 Å². The van der Waals surface area contributed by atoms with Crippen molar-refractivity contribution in [3.8, 4) is 0 Å². The average Bonchev–Trinajstić information content (AvgIpc) is 2.55. The Morgan fingerprint density at radius 3 is 2.73 bits per heavy atom. The quantitative estimate of drug-likeness (QED) is 0.652. The molecular formula is C10H12ClNO2S. The summed E-state index contributed by atoms with van der Waals surface area (Å²) in [6.07, 6.45) is 0. The lowest BCUT2D eigenvalue weighted by atomic mass is 10.2. The number of hydrogen-bond donors (Lipinski definition) is 1. The first-order valence-corrected chi connectivity index (χ1v) is 5.82. The fraction of sp³-hybridized carbons (Fsp3) is 0.400. The van der Waals surface area contributed by atoms with E-state index in [1.54, 1.807) is 0 Å². The number of carbonyl (C=O) groups is 2. The van der Waals surface area contributed by atoms with E-state index in [9.17, 15) is 9.59 Å². The summed E-state index contributed by atoms with van der Waals surface area (Å²) in [6, 6.07) is 1.81. The molecule has 1 amide bonds. The lowest BCUT2D eigenvalue weighted by Crippen LogP contribution is -2.18. The third-order valence-corrected chi connectivity index (χ3v) is 3.44. The van der Waals surface area contributed by atoms with Gasteiger partial charge in [0.15, 0.2) is 5.78 Å². The van der Waals surface area contributed by atoms with Gasteiger partial charge in [0.1, 0.15) is 0 Å². The van der Waals surface area contributed by atoms with Crippen LogP contribution in [0.1, 0.15) is 27.0 Å². The predicted octanol–water partition coefficient (Wildman–Crippen LogP) is 2.11. The number of thiophene rings is 1. The van der Waals surface area contributed by atoms with Crippen LogP contribution in [0.5, 0.6) is 0 Å². The van der Waals surface area contributed by atoms with Gasteiger partial charge in [-0.3, -0.25) is 9.59 Å². The second-order valence-electron chi connectivity index (χ2n) is 3.18. The summed E-state index contributed by atoms with van der Waals surface area (Å²) in [4.78, 5) is 23.7. The molecule has 1 aromatic rings. The van der Waals surface area contributed by atoms with Gasteiger partial charge in [-0.2, -0.15) is 0 Å². The number of amides is 1. The first kappa shape index (κ1) is 12.2. The van der Waals surface area contributed by atoms with E-state index in [4.69, 9.17) is 11.6 Å². The van der Waals surface area contributed by atoms with Gasteiger partial charge in [0, 0.05) is 11.8 Å². The summed E-state index contributed by atoms with van der Waals surface area (Å²) in [7, 11) is 0. The minimum atomic E-state index is -0.0759. The van der Waals surface area contributed by atoms with Gasteiger partial charge >= 0.3 is 0 Å². The Morgan fingerprint density at radius 1 is 1.53 bits per heavy atom. The van der Waals surface area contributed by atoms with Crippen molar-refractivity contribution in [2.45, 2.75) is 20.4 Å². The highest BCUT2D eigenvalue weighted by Gasteiger charge is 2.11. The Kier molecular flexibility index (Phi) is 4.29. The molecule has 82 valence electrons. The summed E-state index contributed by atoms with van der Waals surface area (Å²) < 4.78 is 0. The van der Waals surface area contributed by atoms with E-state index >= 15 is 0 Å². The van der Waals surface area contributed by atoms with Crippen LogP contribution < -0.4 is 5.32 Å². The zero-order valence-corrected chi connectivity index (χ0v) is 10.2. The van der Waals surface area contributed by atoms with Crippen molar-refractivity contribution in [3.63, 3.8) is 0 Å². The maximum absolute atomic E-state index is 11.3. The van der Waals surface area contributed by atoms with Gasteiger partial charge in [0.2, 0.25) is 5.91 Å². The summed E-state index contributed by atoms with van der Waals surface area (Å²) in [5.41, 5.74) is 1.02. The van der Waals surface area contributed by atoms with Crippen molar-refractivity contribution in [2.24, 2.45) is 0 Å². The summed E-state index contributed by atoms with van der Waals surface area (Å²) in [6.45, 7) is 3.85. The molecule has 1 rings (SSSR count). The Morgan fingerprint density at radius 2 is 2.20 bits per heavy atom. The fourth-order valence-corrected chi connectivity index (χ4v) is 2.38. The van der Waals surface area contributed by atoms with Crippen LogP contribution in [0.3, 0.4) is 0 Å². The molecule has 1 heterocycles. The number of aryl methyl sites for hydroxylation is 1. The van der Waals surface area contributed by atoms with Crippen molar-refractivity contribution in [1.82, 2.24) is 5.32 Å². The largest absolute Gasteiger partial charge is 0.351 e. The first-order chi connectivity index (χ1) is 7.04. The molecule has 0 aliphatic carbocycles. The van der Waals surface area contributed by atoms with Gasteiger partial charge in [-0.05, 0) is 18.6 Å². The van der Waals surface area contributed by atoms with Crippen LogP contribution in [-0.4, -0.2) is 17.6 Å². The number of halogens is 1. The van der Waals surface area contributed by atoms with Crippen LogP contribution in [0.2, 0.25) is 0 Å². The van der Waals surface area contributed by atoms with Crippen LogP contribution >= 0.6 is 22.9 Å². The third-order valence-electron chi connectivity index (χ3n) is 1.91. The smallest absolute Gasteiger partial charge is 0.217 e. The van der Waals surface area contributed by atoms with Crippen LogP contribution in [0.25, 0.3) is 0 Å². The van der Waals surface area contributed by atoms with E-state index < -0.39 is 0 Å². The standard InChI is InChI=1S/C10H12ClNO2S/c1-6-3-9(8(14)4-11)15-10(6)5-12-7(2)13/h3H,4-5H2,1-2H3,(H,12,13). The summed E-state index contributed by atoms with van der Waals surface area (Å²) >= 11 is 6.85. The molecule has 1 aromatic heterocycles. The molecule has 0 aliphatic heterocycles. The Balaban J connectivity index is 2.77. The molecule has 0 saturated carbocycles. The normalized spacial score (nSPS) is 10.1. The molecule has 0 saturated heterocycles. The van der Waals surface area contributed by atoms with Crippen LogP contribution in [0, 0.1) is 6.92 Å². The lowest BCUT2D eigenvalue weighted by Gasteiger charge is -1.99. The number of ketones is 1. The molecule has 3 nitrogen and oxygen atoms in total. The predicted molar refractivity (Wildman–Crippen MR) is 61.6 cm³/mol. The van der Waals surface area contributed by atoms with Gasteiger partial charge in [0.05, 0.1) is 17.3 Å². The molecule has 0 radical (unpaired) electrons. The molecule has 0 aliphatic rings. The topological polar surface area (TPSA) is 46.2 Å². The molecule has 1 N–H and O–H groups in total. The molecule has 0 fully saturated rings. The maximum atomic E-state index is 11.3. The molecule has 0 aromatic carbocycles. The Bertz CT molecular complexity index is 387. The monoisotopic (exact) mass is 245 g/mol. The molecular weight excluding hydrogens is 234 g/mol. The summed E-state index contributed by atoms with van der Waals surface area (Å²) in [5.74, 6) is -0.147. The van der Waals surface area contributed by atoms with E-state index in [1.165, 1.54) is 18.3 Å². The van der Waals surface area contributed by atoms with E-state index in [0.29, 0.717) is 11.4 Å². The first-order valence-electron chi connectivity index (χ1n) is 4.47. The van der Waals surface area contributed by atoms with E-state index in [2.05, 4.69) is 5.32 Å². The van der Waals surface area contributed by atoms with E-state index in [0.717, 1.165) is 10.4 Å². The van der Waals surface area contributed by atoms with Crippen molar-refractivity contribution in [3.05, 3.63) is 21.4 Å². The lowest BCUT2D eigenvalue weighted by molar-refractivity contribution is -0.119. The minimum Gasteiger partial charge on any atom is -0.351 e. The second-order valence-corrected chi connectivity index (χ2v) is 4.59. The van der Waals surface area contributed by atoms with Gasteiger partial charge in [0.25, 0.3) is 0 Å². The highest BCUT2D eigenvalue weighted by Crippen LogP contribution is 2.22. The summed E-state index contributed by atoms with van der Waals surface area (Å²) in [5, 5.41) is 2.70. The van der Waals surface area contributed by atoms with Crippen LogP contribution in [-0.2, 0) is 11.3 Å². The van der Waals surface area contributed by atoms with Crippen LogP contribution in [0.4, 0.5) is 0 Å². The molecule has 0 bridgehead atoms. The third kappa shape index (κ3) is 3.32. The van der Waals surface area contributed by atoms with Crippen molar-refractivity contribution < 1.29 is 9.59 Å². The van der Waals surface area contributed by atoms with Crippen molar-refractivity contribution in [1.29, 1.82) is 0 Å².